The summed E-state index contributed by atoms with van der Waals surface area (Å²) in [7, 11) is 0. The van der Waals surface area contributed by atoms with Crippen LogP contribution in [-0.2, 0) is 9.53 Å². The van der Waals surface area contributed by atoms with Crippen LogP contribution >= 0.6 is 0 Å². The first-order valence-corrected chi connectivity index (χ1v) is 6.78. The fourth-order valence-electron chi connectivity index (χ4n) is 3.15. The van der Waals surface area contributed by atoms with Crippen LogP contribution in [0.5, 0.6) is 0 Å². The van der Waals surface area contributed by atoms with Crippen molar-refractivity contribution in [2.75, 3.05) is 19.8 Å². The zero-order chi connectivity index (χ0) is 12.3. The van der Waals surface area contributed by atoms with Crippen LogP contribution in [-0.4, -0.2) is 47.8 Å². The SMILES string of the molecule is CCC1CCC(N2CCOCC2C(=O)O)CC1. The Kier molecular flexibility index (Phi) is 4.40. The van der Waals surface area contributed by atoms with E-state index in [1.165, 1.54) is 19.3 Å². The van der Waals surface area contributed by atoms with Gasteiger partial charge in [0.2, 0.25) is 0 Å². The molecule has 4 heteroatoms. The lowest BCUT2D eigenvalue weighted by molar-refractivity contribution is -0.152. The predicted octanol–water partition coefficient (Wildman–Crippen LogP) is 1.74. The molecular weight excluding hydrogens is 218 g/mol. The molecule has 0 aromatic heterocycles. The van der Waals surface area contributed by atoms with E-state index in [-0.39, 0.29) is 0 Å². The molecule has 1 atom stereocenters. The third-order valence-electron chi connectivity index (χ3n) is 4.32. The third kappa shape index (κ3) is 2.99. The van der Waals surface area contributed by atoms with E-state index in [4.69, 9.17) is 4.74 Å². The molecule has 1 unspecified atom stereocenters. The molecule has 4 nitrogen and oxygen atoms in total. The minimum atomic E-state index is -0.734. The lowest BCUT2D eigenvalue weighted by Gasteiger charge is -2.41. The highest BCUT2D eigenvalue weighted by molar-refractivity contribution is 5.73. The molecule has 2 rings (SSSR count). The summed E-state index contributed by atoms with van der Waals surface area (Å²) < 4.78 is 5.28. The first kappa shape index (κ1) is 12.8. The Labute approximate surface area is 103 Å². The number of carboxylic acid groups (broad SMARTS) is 1. The maximum atomic E-state index is 11.2. The van der Waals surface area contributed by atoms with E-state index in [0.717, 1.165) is 25.3 Å². The molecule has 1 aliphatic heterocycles. The van der Waals surface area contributed by atoms with Crippen molar-refractivity contribution in [3.05, 3.63) is 0 Å². The maximum absolute atomic E-state index is 11.2. The zero-order valence-corrected chi connectivity index (χ0v) is 10.6. The Balaban J connectivity index is 1.93. The van der Waals surface area contributed by atoms with Crippen LogP contribution < -0.4 is 0 Å². The molecule has 0 aromatic rings. The van der Waals surface area contributed by atoms with Gasteiger partial charge in [0.1, 0.15) is 6.04 Å². The van der Waals surface area contributed by atoms with Crippen LogP contribution in [0.4, 0.5) is 0 Å². The highest BCUT2D eigenvalue weighted by Crippen LogP contribution is 2.31. The van der Waals surface area contributed by atoms with Crippen LogP contribution in [0.3, 0.4) is 0 Å². The van der Waals surface area contributed by atoms with Gasteiger partial charge < -0.3 is 9.84 Å². The van der Waals surface area contributed by atoms with Crippen molar-refractivity contribution >= 4 is 5.97 Å². The lowest BCUT2D eigenvalue weighted by atomic mass is 9.83. The third-order valence-corrected chi connectivity index (χ3v) is 4.32. The van der Waals surface area contributed by atoms with Gasteiger partial charge in [-0.1, -0.05) is 13.3 Å². The van der Waals surface area contributed by atoms with E-state index in [1.54, 1.807) is 0 Å². The quantitative estimate of drug-likeness (QED) is 0.817. The molecule has 0 amide bonds. The normalized spacial score (nSPS) is 35.7. The van der Waals surface area contributed by atoms with Gasteiger partial charge in [-0.3, -0.25) is 9.69 Å². The lowest BCUT2D eigenvalue weighted by Crippen LogP contribution is -2.55. The summed E-state index contributed by atoms with van der Waals surface area (Å²) in [5.41, 5.74) is 0. The van der Waals surface area contributed by atoms with Gasteiger partial charge in [0, 0.05) is 12.6 Å². The summed E-state index contributed by atoms with van der Waals surface area (Å²) in [6, 6.07) is 0.0368. The van der Waals surface area contributed by atoms with Crippen molar-refractivity contribution in [3.63, 3.8) is 0 Å². The number of ether oxygens (including phenoxy) is 1. The number of aliphatic carboxylic acids is 1. The van der Waals surface area contributed by atoms with Gasteiger partial charge in [-0.15, -0.1) is 0 Å². The van der Waals surface area contributed by atoms with E-state index in [2.05, 4.69) is 11.8 Å². The first-order chi connectivity index (χ1) is 8.22. The van der Waals surface area contributed by atoms with Crippen molar-refractivity contribution in [2.24, 2.45) is 5.92 Å². The van der Waals surface area contributed by atoms with E-state index < -0.39 is 12.0 Å². The molecular formula is C13H23NO3. The molecule has 98 valence electrons. The summed E-state index contributed by atoms with van der Waals surface area (Å²) in [6.45, 7) is 4.05. The number of nitrogens with zero attached hydrogens (tertiary/aromatic N) is 1. The van der Waals surface area contributed by atoms with Gasteiger partial charge in [0.25, 0.3) is 0 Å². The minimum absolute atomic E-state index is 0.350. The van der Waals surface area contributed by atoms with Crippen molar-refractivity contribution in [3.8, 4) is 0 Å². The van der Waals surface area contributed by atoms with Crippen molar-refractivity contribution < 1.29 is 14.6 Å². The Hall–Kier alpha value is -0.610. The Morgan fingerprint density at radius 2 is 2.06 bits per heavy atom. The molecule has 17 heavy (non-hydrogen) atoms. The second-order valence-corrected chi connectivity index (χ2v) is 5.25. The van der Waals surface area contributed by atoms with Crippen LogP contribution in [0.1, 0.15) is 39.0 Å². The van der Waals surface area contributed by atoms with Crippen LogP contribution in [0.2, 0.25) is 0 Å². The smallest absolute Gasteiger partial charge is 0.323 e. The van der Waals surface area contributed by atoms with Crippen LogP contribution in [0, 0.1) is 5.92 Å². The van der Waals surface area contributed by atoms with E-state index in [9.17, 15) is 9.90 Å². The van der Waals surface area contributed by atoms with Crippen LogP contribution in [0.15, 0.2) is 0 Å². The van der Waals surface area contributed by atoms with E-state index >= 15 is 0 Å². The molecule has 1 saturated heterocycles. The number of rotatable bonds is 3. The van der Waals surface area contributed by atoms with Gasteiger partial charge in [-0.2, -0.15) is 0 Å². The van der Waals surface area contributed by atoms with Gasteiger partial charge in [-0.05, 0) is 31.6 Å². The molecule has 2 fully saturated rings. The number of morpholine rings is 1. The topological polar surface area (TPSA) is 49.8 Å². The van der Waals surface area contributed by atoms with Crippen molar-refractivity contribution in [1.82, 2.24) is 4.90 Å². The number of hydrogen-bond acceptors (Lipinski definition) is 3. The summed E-state index contributed by atoms with van der Waals surface area (Å²) in [6.07, 6.45) is 6.08. The molecule has 0 bridgehead atoms. The van der Waals surface area contributed by atoms with Gasteiger partial charge in [0.05, 0.1) is 13.2 Å². The average molecular weight is 241 g/mol. The van der Waals surface area contributed by atoms with Crippen LogP contribution in [0.25, 0.3) is 0 Å². The molecule has 2 aliphatic rings. The number of carboxylic acids is 1. The molecule has 0 aromatic carbocycles. The Morgan fingerprint density at radius 1 is 1.35 bits per heavy atom. The van der Waals surface area contributed by atoms with E-state index in [0.29, 0.717) is 19.3 Å². The minimum Gasteiger partial charge on any atom is -0.480 e. The molecule has 1 aliphatic carbocycles. The Morgan fingerprint density at radius 3 is 2.65 bits per heavy atom. The molecule has 1 heterocycles. The molecule has 1 N–H and O–H groups in total. The fraction of sp³-hybridized carbons (Fsp3) is 0.923. The summed E-state index contributed by atoms with van der Waals surface area (Å²) in [5, 5.41) is 9.22. The van der Waals surface area contributed by atoms with Gasteiger partial charge in [0.15, 0.2) is 0 Å². The second kappa shape index (κ2) is 5.83. The zero-order valence-electron chi connectivity index (χ0n) is 10.6. The molecule has 0 spiro atoms. The first-order valence-electron chi connectivity index (χ1n) is 6.78. The van der Waals surface area contributed by atoms with E-state index in [1.807, 2.05) is 0 Å². The molecule has 0 radical (unpaired) electrons. The fourth-order valence-corrected chi connectivity index (χ4v) is 3.15. The highest BCUT2D eigenvalue weighted by Gasteiger charge is 2.35. The second-order valence-electron chi connectivity index (χ2n) is 5.25. The van der Waals surface area contributed by atoms with Crippen molar-refractivity contribution in [1.29, 1.82) is 0 Å². The predicted molar refractivity (Wildman–Crippen MR) is 65.0 cm³/mol. The largest absolute Gasteiger partial charge is 0.480 e. The van der Waals surface area contributed by atoms with Gasteiger partial charge in [-0.25, -0.2) is 0 Å². The molecule has 1 saturated carbocycles. The highest BCUT2D eigenvalue weighted by atomic mass is 16.5. The summed E-state index contributed by atoms with van der Waals surface area (Å²) >= 11 is 0. The Bertz CT molecular complexity index is 261. The monoisotopic (exact) mass is 241 g/mol. The standard InChI is InChI=1S/C13H23NO3/c1-2-10-3-5-11(6-4-10)14-7-8-17-9-12(14)13(15)16/h10-12H,2-9H2,1H3,(H,15,16). The average Bonchev–Trinajstić information content (AvgIpc) is 2.39. The number of carbonyl (C=O) groups is 1. The van der Waals surface area contributed by atoms with Crippen molar-refractivity contribution in [2.45, 2.75) is 51.1 Å². The summed E-state index contributed by atoms with van der Waals surface area (Å²) in [4.78, 5) is 13.4. The van der Waals surface area contributed by atoms with Gasteiger partial charge >= 0.3 is 5.97 Å². The number of hydrogen-bond donors (Lipinski definition) is 1. The maximum Gasteiger partial charge on any atom is 0.323 e. The summed E-state index contributed by atoms with van der Waals surface area (Å²) in [5.74, 6) is 0.123.